The molecule has 80 valence electrons. The Morgan fingerprint density at radius 2 is 2.14 bits per heavy atom. The van der Waals surface area contributed by atoms with E-state index >= 15 is 0 Å². The van der Waals surface area contributed by atoms with Crippen LogP contribution in [-0.2, 0) is 4.79 Å². The molecular weight excluding hydrogens is 176 g/mol. The van der Waals surface area contributed by atoms with Gasteiger partial charge in [-0.05, 0) is 13.3 Å². The topological polar surface area (TPSA) is 23.6 Å². The van der Waals surface area contributed by atoms with E-state index in [1.165, 1.54) is 12.8 Å². The molecule has 3 nitrogen and oxygen atoms in total. The first-order valence-corrected chi connectivity index (χ1v) is 5.30. The molecule has 0 saturated heterocycles. The Morgan fingerprint density at radius 3 is 2.71 bits per heavy atom. The van der Waals surface area contributed by atoms with Gasteiger partial charge in [0.2, 0.25) is 0 Å². The normalized spacial score (nSPS) is 20.6. The van der Waals surface area contributed by atoms with E-state index in [9.17, 15) is 4.79 Å². The first kappa shape index (κ1) is 11.1. The molecule has 0 bridgehead atoms. The quantitative estimate of drug-likeness (QED) is 0.670. The van der Waals surface area contributed by atoms with E-state index in [4.69, 9.17) is 0 Å². The zero-order chi connectivity index (χ0) is 10.6. The largest absolute Gasteiger partial charge is 0.359 e. The second kappa shape index (κ2) is 5.03. The van der Waals surface area contributed by atoms with Crippen molar-refractivity contribution in [3.8, 4) is 0 Å². The number of rotatable bonds is 5. The molecule has 1 atom stereocenters. The van der Waals surface area contributed by atoms with Crippen molar-refractivity contribution in [1.82, 2.24) is 9.80 Å². The van der Waals surface area contributed by atoms with E-state index in [0.717, 1.165) is 6.54 Å². The molecule has 0 spiro atoms. The Labute approximate surface area is 86.4 Å². The van der Waals surface area contributed by atoms with Crippen LogP contribution in [0.3, 0.4) is 0 Å². The van der Waals surface area contributed by atoms with Crippen LogP contribution < -0.4 is 0 Å². The molecule has 3 heteroatoms. The summed E-state index contributed by atoms with van der Waals surface area (Å²) in [6, 6.07) is 0. The fraction of sp³-hybridized carbons (Fsp3) is 0.727. The summed E-state index contributed by atoms with van der Waals surface area (Å²) in [6.07, 6.45) is 7.38. The van der Waals surface area contributed by atoms with E-state index in [1.807, 2.05) is 13.2 Å². The molecule has 0 aromatic carbocycles. The molecule has 14 heavy (non-hydrogen) atoms. The van der Waals surface area contributed by atoms with E-state index < -0.39 is 0 Å². The third-order valence-corrected chi connectivity index (χ3v) is 2.59. The Balaban J connectivity index is 2.47. The summed E-state index contributed by atoms with van der Waals surface area (Å²) in [5.41, 5.74) is 0. The molecule has 0 aliphatic carbocycles. The predicted octanol–water partition coefficient (Wildman–Crippen LogP) is 1.81. The summed E-state index contributed by atoms with van der Waals surface area (Å²) >= 11 is 0. The molecule has 1 aliphatic heterocycles. The summed E-state index contributed by atoms with van der Waals surface area (Å²) in [5.74, 6) is 0.257. The van der Waals surface area contributed by atoms with Gasteiger partial charge in [-0.2, -0.15) is 0 Å². The maximum Gasteiger partial charge on any atom is 0.133 e. The van der Waals surface area contributed by atoms with Gasteiger partial charge in [-0.15, -0.1) is 0 Å². The van der Waals surface area contributed by atoms with E-state index in [2.05, 4.69) is 22.9 Å². The number of hydrogen-bond acceptors (Lipinski definition) is 3. The Kier molecular flexibility index (Phi) is 3.98. The molecule has 1 rings (SSSR count). The second-order valence-corrected chi connectivity index (χ2v) is 3.94. The van der Waals surface area contributed by atoms with Gasteiger partial charge in [0, 0.05) is 32.4 Å². The highest BCUT2D eigenvalue weighted by Crippen LogP contribution is 2.17. The number of Topliss-reactive ketones (excluding diaryl/α,β-unsaturated/α-hetero) is 1. The van der Waals surface area contributed by atoms with Crippen molar-refractivity contribution < 1.29 is 4.79 Å². The van der Waals surface area contributed by atoms with Gasteiger partial charge in [0.25, 0.3) is 0 Å². The van der Waals surface area contributed by atoms with Crippen LogP contribution in [0, 0.1) is 0 Å². The van der Waals surface area contributed by atoms with Gasteiger partial charge in [-0.1, -0.05) is 13.3 Å². The minimum Gasteiger partial charge on any atom is -0.359 e. The molecule has 1 aliphatic rings. The Morgan fingerprint density at radius 1 is 1.43 bits per heavy atom. The van der Waals surface area contributed by atoms with Crippen LogP contribution >= 0.6 is 0 Å². The van der Waals surface area contributed by atoms with Crippen LogP contribution in [-0.4, -0.2) is 35.3 Å². The third kappa shape index (κ3) is 2.76. The summed E-state index contributed by atoms with van der Waals surface area (Å²) in [5, 5.41) is 0. The minimum atomic E-state index is 0.249. The lowest BCUT2D eigenvalue weighted by molar-refractivity contribution is -0.118. The SMILES string of the molecule is CCCCN1C=CN(C)C1CC(C)=O. The fourth-order valence-electron chi connectivity index (χ4n) is 1.71. The van der Waals surface area contributed by atoms with Crippen molar-refractivity contribution in [2.24, 2.45) is 0 Å². The van der Waals surface area contributed by atoms with Crippen LogP contribution in [0.25, 0.3) is 0 Å². The van der Waals surface area contributed by atoms with Crippen molar-refractivity contribution >= 4 is 5.78 Å². The highest BCUT2D eigenvalue weighted by molar-refractivity contribution is 5.76. The zero-order valence-electron chi connectivity index (χ0n) is 9.36. The van der Waals surface area contributed by atoms with Crippen LogP contribution in [0.4, 0.5) is 0 Å². The summed E-state index contributed by atoms with van der Waals surface area (Å²) in [4.78, 5) is 15.4. The van der Waals surface area contributed by atoms with Crippen molar-refractivity contribution in [3.63, 3.8) is 0 Å². The summed E-state index contributed by atoms with van der Waals surface area (Å²) in [6.45, 7) is 4.89. The predicted molar refractivity (Wildman–Crippen MR) is 57.6 cm³/mol. The van der Waals surface area contributed by atoms with Crippen molar-refractivity contribution in [2.45, 2.75) is 39.3 Å². The van der Waals surface area contributed by atoms with Gasteiger partial charge in [0.15, 0.2) is 0 Å². The molecule has 1 heterocycles. The molecule has 0 radical (unpaired) electrons. The Hall–Kier alpha value is -0.990. The number of carbonyl (C=O) groups excluding carboxylic acids is 1. The lowest BCUT2D eigenvalue weighted by Gasteiger charge is -2.29. The van der Waals surface area contributed by atoms with Gasteiger partial charge in [0.05, 0.1) is 0 Å². The first-order chi connectivity index (χ1) is 6.65. The fourth-order valence-corrected chi connectivity index (χ4v) is 1.71. The number of ketones is 1. The molecule has 0 N–H and O–H groups in total. The molecule has 0 amide bonds. The highest BCUT2D eigenvalue weighted by Gasteiger charge is 2.23. The van der Waals surface area contributed by atoms with Gasteiger partial charge in [0.1, 0.15) is 11.9 Å². The number of unbranched alkanes of at least 4 members (excludes halogenated alkanes) is 1. The molecule has 0 aromatic heterocycles. The molecule has 1 unspecified atom stereocenters. The van der Waals surface area contributed by atoms with E-state index in [0.29, 0.717) is 6.42 Å². The smallest absolute Gasteiger partial charge is 0.133 e. The first-order valence-electron chi connectivity index (χ1n) is 5.30. The average Bonchev–Trinajstić information content (AvgIpc) is 2.45. The van der Waals surface area contributed by atoms with E-state index in [-0.39, 0.29) is 11.9 Å². The van der Waals surface area contributed by atoms with Gasteiger partial charge in [-0.25, -0.2) is 0 Å². The Bertz CT molecular complexity index is 225. The van der Waals surface area contributed by atoms with Crippen molar-refractivity contribution in [2.75, 3.05) is 13.6 Å². The van der Waals surface area contributed by atoms with Gasteiger partial charge >= 0.3 is 0 Å². The molecule has 0 saturated carbocycles. The highest BCUT2D eigenvalue weighted by atomic mass is 16.1. The van der Waals surface area contributed by atoms with Crippen molar-refractivity contribution in [3.05, 3.63) is 12.4 Å². The van der Waals surface area contributed by atoms with Crippen LogP contribution in [0.15, 0.2) is 12.4 Å². The monoisotopic (exact) mass is 196 g/mol. The zero-order valence-corrected chi connectivity index (χ0v) is 9.36. The van der Waals surface area contributed by atoms with Crippen LogP contribution in [0.5, 0.6) is 0 Å². The maximum absolute atomic E-state index is 11.1. The molecular formula is C11H20N2O. The minimum absolute atomic E-state index is 0.249. The molecule has 0 fully saturated rings. The van der Waals surface area contributed by atoms with Crippen LogP contribution in [0.2, 0.25) is 0 Å². The van der Waals surface area contributed by atoms with Crippen molar-refractivity contribution in [1.29, 1.82) is 0 Å². The summed E-state index contributed by atoms with van der Waals surface area (Å²) < 4.78 is 0. The summed E-state index contributed by atoms with van der Waals surface area (Å²) in [7, 11) is 2.02. The van der Waals surface area contributed by atoms with Gasteiger partial charge < -0.3 is 9.80 Å². The lowest BCUT2D eigenvalue weighted by atomic mass is 10.2. The maximum atomic E-state index is 11.1. The lowest BCUT2D eigenvalue weighted by Crippen LogP contribution is -2.38. The standard InChI is InChI=1S/C11H20N2O/c1-4-5-6-13-8-7-12(3)11(13)9-10(2)14/h7-8,11H,4-6,9H2,1-3H3. The number of carbonyl (C=O) groups is 1. The number of hydrogen-bond donors (Lipinski definition) is 0. The molecule has 0 aromatic rings. The van der Waals surface area contributed by atoms with E-state index in [1.54, 1.807) is 6.92 Å². The van der Waals surface area contributed by atoms with Gasteiger partial charge in [-0.3, -0.25) is 4.79 Å². The number of nitrogens with zero attached hydrogens (tertiary/aromatic N) is 2. The third-order valence-electron chi connectivity index (χ3n) is 2.59. The van der Waals surface area contributed by atoms with Crippen LogP contribution in [0.1, 0.15) is 33.1 Å². The second-order valence-electron chi connectivity index (χ2n) is 3.94. The average molecular weight is 196 g/mol.